The van der Waals surface area contributed by atoms with Crippen LogP contribution in [0.2, 0.25) is 0 Å². The van der Waals surface area contributed by atoms with Crippen LogP contribution in [0.15, 0.2) is 76.5 Å². The lowest BCUT2D eigenvalue weighted by molar-refractivity contribution is -0.127. The Balaban J connectivity index is 1.80. The van der Waals surface area contributed by atoms with Crippen molar-refractivity contribution in [3.8, 4) is 0 Å². The molecule has 1 N–H and O–H groups in total. The first-order valence-corrected chi connectivity index (χ1v) is 11.5. The number of nitrogens with one attached hydrogen (secondary N) is 1. The van der Waals surface area contributed by atoms with Crippen molar-refractivity contribution < 1.29 is 18.0 Å². The fraction of sp³-hybridized carbons (Fsp3) is 0.190. The lowest BCUT2D eigenvalue weighted by Gasteiger charge is -2.14. The highest BCUT2D eigenvalue weighted by Crippen LogP contribution is 2.31. The minimum absolute atomic E-state index is 0.0323. The third kappa shape index (κ3) is 4.98. The smallest absolute Gasteiger partial charge is 0.284 e. The summed E-state index contributed by atoms with van der Waals surface area (Å²) >= 11 is 0.970. The van der Waals surface area contributed by atoms with E-state index in [2.05, 4.69) is 16.3 Å². The highest BCUT2D eigenvalue weighted by molar-refractivity contribution is 8.16. The maximum absolute atomic E-state index is 12.8. The number of amidine groups is 1. The van der Waals surface area contributed by atoms with E-state index in [4.69, 9.17) is 0 Å². The number of benzene rings is 2. The Morgan fingerprint density at radius 3 is 2.53 bits per heavy atom. The summed E-state index contributed by atoms with van der Waals surface area (Å²) in [6.07, 6.45) is 1.38. The normalized spacial score (nSPS) is 17.9. The fourth-order valence-corrected chi connectivity index (χ4v) is 5.22. The third-order valence-electron chi connectivity index (χ3n) is 4.36. The molecular formula is C21H21N3O4S2. The number of aryl methyl sites for hydroxylation is 1. The maximum atomic E-state index is 12.8. The minimum atomic E-state index is -3.99. The van der Waals surface area contributed by atoms with E-state index in [-0.39, 0.29) is 34.8 Å². The number of sulfonamides is 1. The maximum Gasteiger partial charge on any atom is 0.284 e. The fourth-order valence-electron chi connectivity index (χ4n) is 2.84. The van der Waals surface area contributed by atoms with Crippen LogP contribution in [0.25, 0.3) is 0 Å². The van der Waals surface area contributed by atoms with Crippen LogP contribution in [0.5, 0.6) is 0 Å². The van der Waals surface area contributed by atoms with Gasteiger partial charge in [-0.1, -0.05) is 54.2 Å². The molecule has 0 saturated carbocycles. The second-order valence-electron chi connectivity index (χ2n) is 6.57. The van der Waals surface area contributed by atoms with Gasteiger partial charge in [-0.05, 0) is 30.7 Å². The summed E-state index contributed by atoms with van der Waals surface area (Å²) in [5.41, 5.74) is 1.57. The van der Waals surface area contributed by atoms with E-state index in [0.717, 1.165) is 17.3 Å². The topological polar surface area (TPSA) is 95.9 Å². The molecule has 0 bridgehead atoms. The van der Waals surface area contributed by atoms with Gasteiger partial charge in [0.25, 0.3) is 10.0 Å². The molecule has 3 rings (SSSR count). The molecule has 1 heterocycles. The molecule has 30 heavy (non-hydrogen) atoms. The number of nitrogens with zero attached hydrogens (tertiary/aromatic N) is 2. The Kier molecular flexibility index (Phi) is 6.73. The molecule has 7 nitrogen and oxygen atoms in total. The third-order valence-corrected chi connectivity index (χ3v) is 6.93. The molecule has 2 aromatic rings. The van der Waals surface area contributed by atoms with Crippen molar-refractivity contribution in [2.45, 2.75) is 23.5 Å². The Bertz CT molecular complexity index is 1100. The number of hydrogen-bond donors (Lipinski definition) is 1. The van der Waals surface area contributed by atoms with Crippen molar-refractivity contribution in [2.24, 2.45) is 4.40 Å². The summed E-state index contributed by atoms with van der Waals surface area (Å²) in [5.74, 6) is -0.706. The highest BCUT2D eigenvalue weighted by atomic mass is 32.2. The number of carbonyl (C=O) groups is 2. The molecule has 2 amide bonds. The number of thioether (sulfide) groups is 1. The standard InChI is InChI=1S/C21H21N3O4S2/c1-3-13-24-20(26)18(14-19(25)22-17-12-8-7-9-15(17)2)29-21(24)23-30(27,28)16-10-5-4-6-11-16/h3-12,18H,1,13-14H2,2H3,(H,22,25)/t18-/m0/s1. The molecule has 0 spiro atoms. The van der Waals surface area contributed by atoms with Crippen molar-refractivity contribution in [1.82, 2.24) is 4.90 Å². The number of para-hydroxylation sites is 1. The quantitative estimate of drug-likeness (QED) is 0.663. The van der Waals surface area contributed by atoms with Gasteiger partial charge in [-0.3, -0.25) is 14.5 Å². The number of anilines is 1. The Labute approximate surface area is 179 Å². The number of amides is 2. The summed E-state index contributed by atoms with van der Waals surface area (Å²) in [5, 5.41) is 2.07. The van der Waals surface area contributed by atoms with Crippen molar-refractivity contribution >= 4 is 44.5 Å². The SMILES string of the molecule is C=CCN1C(=O)[C@H](CC(=O)Nc2ccccc2C)SC1=NS(=O)(=O)c1ccccc1. The molecule has 9 heteroatoms. The molecule has 2 aromatic carbocycles. The van der Waals surface area contributed by atoms with E-state index >= 15 is 0 Å². The summed E-state index contributed by atoms with van der Waals surface area (Å²) < 4.78 is 29.1. The van der Waals surface area contributed by atoms with E-state index in [9.17, 15) is 18.0 Å². The van der Waals surface area contributed by atoms with Crippen LogP contribution < -0.4 is 5.32 Å². The Hall–Kier alpha value is -2.91. The van der Waals surface area contributed by atoms with Gasteiger partial charge in [0.05, 0.1) is 4.90 Å². The van der Waals surface area contributed by atoms with Crippen molar-refractivity contribution in [1.29, 1.82) is 0 Å². The first kappa shape index (κ1) is 21.8. The lowest BCUT2D eigenvalue weighted by atomic mass is 10.2. The van der Waals surface area contributed by atoms with E-state index in [0.29, 0.717) is 5.69 Å². The second kappa shape index (κ2) is 9.27. The van der Waals surface area contributed by atoms with Crippen LogP contribution in [-0.4, -0.2) is 42.1 Å². The number of rotatable bonds is 7. The van der Waals surface area contributed by atoms with E-state index in [1.165, 1.54) is 23.1 Å². The van der Waals surface area contributed by atoms with Crippen LogP contribution in [0, 0.1) is 6.92 Å². The molecular weight excluding hydrogens is 422 g/mol. The average molecular weight is 444 g/mol. The van der Waals surface area contributed by atoms with Crippen LogP contribution >= 0.6 is 11.8 Å². The van der Waals surface area contributed by atoms with Gasteiger partial charge in [0.15, 0.2) is 5.17 Å². The molecule has 0 radical (unpaired) electrons. The molecule has 0 aromatic heterocycles. The monoisotopic (exact) mass is 443 g/mol. The van der Waals surface area contributed by atoms with Gasteiger partial charge < -0.3 is 5.32 Å². The summed E-state index contributed by atoms with van der Waals surface area (Å²) in [6.45, 7) is 5.59. The summed E-state index contributed by atoms with van der Waals surface area (Å²) in [7, 11) is -3.99. The van der Waals surface area contributed by atoms with Crippen LogP contribution in [0.3, 0.4) is 0 Å². The van der Waals surface area contributed by atoms with Crippen LogP contribution in [0.4, 0.5) is 5.69 Å². The zero-order valence-electron chi connectivity index (χ0n) is 16.3. The Morgan fingerprint density at radius 1 is 1.20 bits per heavy atom. The van der Waals surface area contributed by atoms with Gasteiger partial charge in [-0.2, -0.15) is 8.42 Å². The predicted molar refractivity (Wildman–Crippen MR) is 119 cm³/mol. The summed E-state index contributed by atoms with van der Waals surface area (Å²) in [4.78, 5) is 26.5. The molecule has 0 unspecified atom stereocenters. The van der Waals surface area contributed by atoms with E-state index in [1.807, 2.05) is 25.1 Å². The first-order valence-electron chi connectivity index (χ1n) is 9.16. The van der Waals surface area contributed by atoms with Gasteiger partial charge in [-0.15, -0.1) is 11.0 Å². The molecule has 1 fully saturated rings. The van der Waals surface area contributed by atoms with Gasteiger partial charge >= 0.3 is 0 Å². The highest BCUT2D eigenvalue weighted by Gasteiger charge is 2.39. The van der Waals surface area contributed by atoms with E-state index < -0.39 is 15.3 Å². The molecule has 1 atom stereocenters. The predicted octanol–water partition coefficient (Wildman–Crippen LogP) is 3.20. The zero-order valence-corrected chi connectivity index (χ0v) is 17.9. The van der Waals surface area contributed by atoms with Crippen molar-refractivity contribution in [3.05, 3.63) is 72.8 Å². The first-order chi connectivity index (χ1) is 14.3. The van der Waals surface area contributed by atoms with Crippen LogP contribution in [-0.2, 0) is 19.6 Å². The van der Waals surface area contributed by atoms with Gasteiger partial charge in [0, 0.05) is 18.7 Å². The molecule has 156 valence electrons. The average Bonchev–Trinajstić information content (AvgIpc) is 2.99. The van der Waals surface area contributed by atoms with Gasteiger partial charge in [0.2, 0.25) is 11.8 Å². The Morgan fingerprint density at radius 2 is 1.87 bits per heavy atom. The molecule has 1 saturated heterocycles. The number of carbonyl (C=O) groups excluding carboxylic acids is 2. The van der Waals surface area contributed by atoms with Gasteiger partial charge in [-0.25, -0.2) is 0 Å². The molecule has 1 aliphatic heterocycles. The van der Waals surface area contributed by atoms with E-state index in [1.54, 1.807) is 24.3 Å². The lowest BCUT2D eigenvalue weighted by Crippen LogP contribution is -2.34. The second-order valence-corrected chi connectivity index (χ2v) is 9.35. The van der Waals surface area contributed by atoms with Crippen LogP contribution in [0.1, 0.15) is 12.0 Å². The number of hydrogen-bond acceptors (Lipinski definition) is 5. The largest absolute Gasteiger partial charge is 0.326 e. The summed E-state index contributed by atoms with van der Waals surface area (Å²) in [6, 6.07) is 15.1. The van der Waals surface area contributed by atoms with Crippen molar-refractivity contribution in [3.63, 3.8) is 0 Å². The molecule has 0 aliphatic carbocycles. The van der Waals surface area contributed by atoms with Gasteiger partial charge in [0.1, 0.15) is 5.25 Å². The zero-order chi connectivity index (χ0) is 21.7. The molecule has 1 aliphatic rings. The minimum Gasteiger partial charge on any atom is -0.326 e. The van der Waals surface area contributed by atoms with Crippen molar-refractivity contribution in [2.75, 3.05) is 11.9 Å².